The van der Waals surface area contributed by atoms with Gasteiger partial charge in [0.25, 0.3) is 0 Å². The average molecular weight is 521 g/mol. The van der Waals surface area contributed by atoms with E-state index in [9.17, 15) is 29.7 Å². The van der Waals surface area contributed by atoms with E-state index in [1.807, 2.05) is 13.8 Å². The van der Waals surface area contributed by atoms with Gasteiger partial charge in [-0.25, -0.2) is 0 Å². The van der Waals surface area contributed by atoms with Gasteiger partial charge in [-0.15, -0.1) is 0 Å². The Hall–Kier alpha value is -1.87. The Balaban J connectivity index is 2.89. The van der Waals surface area contributed by atoms with Crippen LogP contribution in [0.1, 0.15) is 20.3 Å². The Morgan fingerprint density at radius 2 is 1.11 bits per heavy atom. The van der Waals surface area contributed by atoms with Gasteiger partial charge in [0, 0.05) is 39.3 Å². The minimum atomic E-state index is -0.956. The van der Waals surface area contributed by atoms with Crippen LogP contribution in [-0.2, 0) is 28.6 Å². The fraction of sp³-hybridized carbons (Fsp3) is 0.870. The number of hydrogen-bond acceptors (Lipinski definition) is 10. The monoisotopic (exact) mass is 520 g/mol. The molecule has 1 fully saturated rings. The number of hydrogen-bond donors (Lipinski definition) is 4. The van der Waals surface area contributed by atoms with Gasteiger partial charge in [0.05, 0.1) is 52.7 Å². The Morgan fingerprint density at radius 1 is 0.750 bits per heavy atom. The molecule has 0 amide bonds. The maximum absolute atomic E-state index is 12.1. The summed E-state index contributed by atoms with van der Waals surface area (Å²) in [6.07, 6.45) is 0.359. The molecule has 1 aliphatic heterocycles. The topological polar surface area (TPSA) is 175 Å². The summed E-state index contributed by atoms with van der Waals surface area (Å²) in [4.78, 5) is 39.7. The van der Waals surface area contributed by atoms with E-state index in [-0.39, 0.29) is 44.9 Å². The normalized spacial score (nSPS) is 20.8. The first kappa shape index (κ1) is 32.2. The summed E-state index contributed by atoms with van der Waals surface area (Å²) in [5, 5.41) is 28.3. The number of nitrogens with zero attached hydrogens (tertiary/aromatic N) is 3. The van der Waals surface area contributed by atoms with Crippen LogP contribution in [0.3, 0.4) is 0 Å². The lowest BCUT2D eigenvalue weighted by Crippen LogP contribution is -2.48. The molecule has 5 N–H and O–H groups in total. The molecule has 0 aromatic heterocycles. The molecule has 0 radical (unpaired) electrons. The molecule has 13 heteroatoms. The van der Waals surface area contributed by atoms with E-state index >= 15 is 0 Å². The number of aliphatic carboxylic acids is 3. The zero-order chi connectivity index (χ0) is 27.0. The Labute approximate surface area is 213 Å². The fourth-order valence-electron chi connectivity index (χ4n) is 3.77. The van der Waals surface area contributed by atoms with Crippen molar-refractivity contribution >= 4 is 17.9 Å². The smallest absolute Gasteiger partial charge is 0.320 e. The Morgan fingerprint density at radius 3 is 1.42 bits per heavy atom. The molecule has 1 rings (SSSR count). The van der Waals surface area contributed by atoms with Crippen molar-refractivity contribution in [2.75, 3.05) is 98.5 Å². The number of nitrogens with two attached hydrogens (primary N) is 1. The van der Waals surface area contributed by atoms with Crippen molar-refractivity contribution < 1.29 is 43.9 Å². The van der Waals surface area contributed by atoms with Gasteiger partial charge in [-0.1, -0.05) is 13.8 Å². The quantitative estimate of drug-likeness (QED) is 0.290. The first-order chi connectivity index (χ1) is 17.0. The van der Waals surface area contributed by atoms with Crippen LogP contribution < -0.4 is 5.73 Å². The second kappa shape index (κ2) is 17.6. The van der Waals surface area contributed by atoms with Gasteiger partial charge >= 0.3 is 17.9 Å². The third-order valence-corrected chi connectivity index (χ3v) is 6.00. The van der Waals surface area contributed by atoms with Crippen LogP contribution >= 0.6 is 0 Å². The summed E-state index contributed by atoms with van der Waals surface area (Å²) in [6.45, 7) is 7.86. The summed E-state index contributed by atoms with van der Waals surface area (Å²) in [6, 6.07) is -0.773. The molecule has 1 atom stereocenters. The summed E-state index contributed by atoms with van der Waals surface area (Å²) in [5.41, 5.74) is 5.47. The Kier molecular flexibility index (Phi) is 15.7. The van der Waals surface area contributed by atoms with E-state index in [2.05, 4.69) is 0 Å². The molecule has 0 aliphatic carbocycles. The van der Waals surface area contributed by atoms with Crippen molar-refractivity contribution in [1.29, 1.82) is 0 Å². The number of carboxylic acid groups (broad SMARTS) is 3. The van der Waals surface area contributed by atoms with Crippen molar-refractivity contribution in [2.45, 2.75) is 26.3 Å². The molecule has 1 unspecified atom stereocenters. The van der Waals surface area contributed by atoms with E-state index in [1.54, 1.807) is 14.7 Å². The van der Waals surface area contributed by atoms with Crippen LogP contribution in [0.25, 0.3) is 0 Å². The van der Waals surface area contributed by atoms with Crippen LogP contribution in [0.2, 0.25) is 0 Å². The van der Waals surface area contributed by atoms with Crippen LogP contribution in [0.5, 0.6) is 0 Å². The number of carboxylic acids is 3. The summed E-state index contributed by atoms with van der Waals surface area (Å²) in [5.74, 6) is -2.86. The maximum atomic E-state index is 12.1. The highest BCUT2D eigenvalue weighted by Gasteiger charge is 2.31. The van der Waals surface area contributed by atoms with E-state index in [1.165, 1.54) is 0 Å². The van der Waals surface area contributed by atoms with Crippen LogP contribution in [0.4, 0.5) is 0 Å². The van der Waals surface area contributed by atoms with Gasteiger partial charge in [0.2, 0.25) is 0 Å². The van der Waals surface area contributed by atoms with E-state index in [0.717, 1.165) is 0 Å². The molecule has 1 saturated heterocycles. The molecule has 0 spiro atoms. The van der Waals surface area contributed by atoms with Crippen LogP contribution in [-0.4, -0.2) is 153 Å². The largest absolute Gasteiger partial charge is 0.480 e. The first-order valence-electron chi connectivity index (χ1n) is 12.3. The third-order valence-electron chi connectivity index (χ3n) is 6.00. The van der Waals surface area contributed by atoms with Crippen LogP contribution in [0.15, 0.2) is 0 Å². The highest BCUT2D eigenvalue weighted by atomic mass is 16.5. The molecule has 0 bridgehead atoms. The van der Waals surface area contributed by atoms with Crippen molar-refractivity contribution in [3.8, 4) is 0 Å². The molecular formula is C23H44N4O9. The van der Waals surface area contributed by atoms with Gasteiger partial charge < -0.3 is 35.3 Å². The van der Waals surface area contributed by atoms with Gasteiger partial charge in [-0.3, -0.25) is 29.1 Å². The average Bonchev–Trinajstić information content (AvgIpc) is 2.79. The lowest BCUT2D eigenvalue weighted by atomic mass is 9.85. The molecule has 1 heterocycles. The molecule has 36 heavy (non-hydrogen) atoms. The fourth-order valence-corrected chi connectivity index (χ4v) is 3.77. The second-order valence-corrected chi connectivity index (χ2v) is 9.64. The van der Waals surface area contributed by atoms with Gasteiger partial charge in [0.1, 0.15) is 6.04 Å². The lowest BCUT2D eigenvalue weighted by molar-refractivity contribution is -0.145. The predicted molar refractivity (Wildman–Crippen MR) is 131 cm³/mol. The van der Waals surface area contributed by atoms with Gasteiger partial charge in [-0.05, 0) is 18.4 Å². The number of carbonyl (C=O) groups is 3. The SMILES string of the molecule is CC(C)(CN)CC(C(=O)O)N1CCOCCN(CC(=O)O)CCOCCN(CC(=O)O)CCOCC1. The Bertz CT molecular complexity index is 629. The summed E-state index contributed by atoms with van der Waals surface area (Å²) in [7, 11) is 0. The van der Waals surface area contributed by atoms with Crippen molar-refractivity contribution in [3.63, 3.8) is 0 Å². The second-order valence-electron chi connectivity index (χ2n) is 9.64. The molecule has 13 nitrogen and oxygen atoms in total. The minimum Gasteiger partial charge on any atom is -0.480 e. The van der Waals surface area contributed by atoms with Crippen molar-refractivity contribution in [2.24, 2.45) is 11.1 Å². The van der Waals surface area contributed by atoms with Crippen molar-refractivity contribution in [3.05, 3.63) is 0 Å². The highest BCUT2D eigenvalue weighted by molar-refractivity contribution is 5.73. The zero-order valence-corrected chi connectivity index (χ0v) is 21.6. The number of rotatable bonds is 9. The number of ether oxygens (including phenoxy) is 3. The molecule has 0 aromatic carbocycles. The first-order valence-corrected chi connectivity index (χ1v) is 12.3. The maximum Gasteiger partial charge on any atom is 0.320 e. The van der Waals surface area contributed by atoms with E-state index in [4.69, 9.17) is 19.9 Å². The standard InChI is InChI=1S/C23H44N4O9/c1-23(2,18-24)15-19(22(32)33)27-7-13-35-11-5-25(16-20(28)29)3-9-34-10-4-26(17-21(30)31)6-12-36-14-8-27/h19H,3-18,24H2,1-2H3,(H,28,29)(H,30,31)(H,32,33). The van der Waals surface area contributed by atoms with Gasteiger partial charge in [0.15, 0.2) is 0 Å². The zero-order valence-electron chi connectivity index (χ0n) is 21.6. The summed E-state index contributed by atoms with van der Waals surface area (Å²) >= 11 is 0. The summed E-state index contributed by atoms with van der Waals surface area (Å²) < 4.78 is 17.0. The van der Waals surface area contributed by atoms with Crippen molar-refractivity contribution in [1.82, 2.24) is 14.7 Å². The molecule has 0 saturated carbocycles. The lowest BCUT2D eigenvalue weighted by Gasteiger charge is -2.34. The minimum absolute atomic E-state index is 0.156. The van der Waals surface area contributed by atoms with E-state index < -0.39 is 23.9 Å². The van der Waals surface area contributed by atoms with Crippen LogP contribution in [0, 0.1) is 5.41 Å². The molecule has 0 aromatic rings. The molecule has 210 valence electrons. The van der Waals surface area contributed by atoms with Gasteiger partial charge in [-0.2, -0.15) is 0 Å². The third kappa shape index (κ3) is 14.6. The molecular weight excluding hydrogens is 476 g/mol. The molecule has 1 aliphatic rings. The predicted octanol–water partition coefficient (Wildman–Crippen LogP) is -1.05. The van der Waals surface area contributed by atoms with E-state index in [0.29, 0.717) is 65.4 Å². The highest BCUT2D eigenvalue weighted by Crippen LogP contribution is 2.23.